The molecule has 2 aliphatic heterocycles. The van der Waals surface area contributed by atoms with E-state index < -0.39 is 70.4 Å². The van der Waals surface area contributed by atoms with Crippen molar-refractivity contribution in [2.24, 2.45) is 0 Å². The Morgan fingerprint density at radius 2 is 1.75 bits per heavy atom. The number of aromatic nitrogens is 1. The van der Waals surface area contributed by atoms with Crippen LogP contribution in [0.5, 0.6) is 10.8 Å². The van der Waals surface area contributed by atoms with Gasteiger partial charge in [-0.3, -0.25) is 19.4 Å². The maximum Gasteiger partial charge on any atom is 0.425 e. The van der Waals surface area contributed by atoms with Crippen molar-refractivity contribution < 1.29 is 55.3 Å². The maximum absolute atomic E-state index is 15.1. The Bertz CT molecular complexity index is 1730. The normalized spacial score (nSPS) is 22.8. The van der Waals surface area contributed by atoms with Gasteiger partial charge in [0.05, 0.1) is 25.1 Å². The average molecular weight is 742 g/mol. The second-order valence-electron chi connectivity index (χ2n) is 12.6. The molecule has 1 aromatic carbocycles. The minimum absolute atomic E-state index is 0.0322. The van der Waals surface area contributed by atoms with E-state index in [-0.39, 0.29) is 61.1 Å². The molecule has 0 radical (unpaired) electrons. The minimum Gasteiger partial charge on any atom is -0.496 e. The first-order chi connectivity index (χ1) is 24.1. The Labute approximate surface area is 294 Å². The molecule has 5 rings (SSSR count). The van der Waals surface area contributed by atoms with Crippen molar-refractivity contribution >= 4 is 29.1 Å². The summed E-state index contributed by atoms with van der Waals surface area (Å²) in [6, 6.07) is 8.72. The van der Waals surface area contributed by atoms with E-state index in [1.54, 1.807) is 19.1 Å². The van der Waals surface area contributed by atoms with Crippen LogP contribution >= 0.6 is 11.3 Å². The molecule has 0 aliphatic carbocycles. The van der Waals surface area contributed by atoms with Crippen molar-refractivity contribution in [2.75, 3.05) is 20.2 Å². The summed E-state index contributed by atoms with van der Waals surface area (Å²) < 4.78 is 95.0. The zero-order valence-electron chi connectivity index (χ0n) is 27.8. The zero-order chi connectivity index (χ0) is 37.1. The van der Waals surface area contributed by atoms with E-state index in [0.29, 0.717) is 18.6 Å². The first-order valence-corrected chi connectivity index (χ1v) is 17.3. The molecule has 51 heavy (non-hydrogen) atoms. The van der Waals surface area contributed by atoms with Crippen LogP contribution in [0.25, 0.3) is 0 Å². The van der Waals surface area contributed by atoms with Crippen LogP contribution in [-0.2, 0) is 21.9 Å². The number of methoxy groups -OCH3 is 1. The number of alkyl halides is 6. The van der Waals surface area contributed by atoms with Gasteiger partial charge in [0, 0.05) is 31.7 Å². The van der Waals surface area contributed by atoms with Crippen LogP contribution in [0.2, 0.25) is 0 Å². The van der Waals surface area contributed by atoms with E-state index >= 15 is 4.79 Å². The molecule has 276 valence electrons. The fourth-order valence-corrected chi connectivity index (χ4v) is 8.09. The van der Waals surface area contributed by atoms with Crippen LogP contribution in [0.3, 0.4) is 0 Å². The van der Waals surface area contributed by atoms with Crippen LogP contribution in [0.4, 0.5) is 26.3 Å². The maximum atomic E-state index is 15.1. The van der Waals surface area contributed by atoms with Crippen molar-refractivity contribution in [1.29, 1.82) is 0 Å². The zero-order valence-corrected chi connectivity index (χ0v) is 28.6. The van der Waals surface area contributed by atoms with Crippen LogP contribution in [0.1, 0.15) is 84.3 Å². The Morgan fingerprint density at radius 1 is 1.00 bits per heavy atom. The van der Waals surface area contributed by atoms with E-state index in [1.807, 2.05) is 12.1 Å². The summed E-state index contributed by atoms with van der Waals surface area (Å²) in [5.41, 5.74) is -3.41. The van der Waals surface area contributed by atoms with Gasteiger partial charge in [0.25, 0.3) is 11.8 Å². The van der Waals surface area contributed by atoms with Crippen molar-refractivity contribution in [3.8, 4) is 10.8 Å². The summed E-state index contributed by atoms with van der Waals surface area (Å²) in [6.07, 6.45) is -8.20. The lowest BCUT2D eigenvalue weighted by atomic mass is 9.77. The van der Waals surface area contributed by atoms with Gasteiger partial charge in [-0.25, -0.2) is 0 Å². The van der Waals surface area contributed by atoms with E-state index in [0.717, 1.165) is 40.9 Å². The Hall–Kier alpha value is -4.34. The van der Waals surface area contributed by atoms with Gasteiger partial charge in [-0.2, -0.15) is 26.3 Å². The third kappa shape index (κ3) is 7.95. The second-order valence-corrected chi connectivity index (χ2v) is 13.7. The molecule has 0 saturated carbocycles. The monoisotopic (exact) mass is 741 g/mol. The van der Waals surface area contributed by atoms with E-state index in [9.17, 15) is 41.0 Å². The number of likely N-dealkylation sites (tertiary alicyclic amines) is 2. The van der Waals surface area contributed by atoms with Crippen molar-refractivity contribution in [2.45, 2.75) is 87.8 Å². The number of aliphatic carboxylic acids is 1. The number of carboxylic acids is 1. The largest absolute Gasteiger partial charge is 0.496 e. The van der Waals surface area contributed by atoms with Crippen LogP contribution in [0.15, 0.2) is 54.7 Å². The number of para-hydroxylation sites is 1. The highest BCUT2D eigenvalue weighted by Crippen LogP contribution is 2.45. The number of hydrogen-bond acceptors (Lipinski definition) is 7. The first-order valence-electron chi connectivity index (χ1n) is 16.5. The highest BCUT2D eigenvalue weighted by Gasteiger charge is 2.57. The third-order valence-corrected chi connectivity index (χ3v) is 10.5. The van der Waals surface area contributed by atoms with Gasteiger partial charge in [0.1, 0.15) is 16.3 Å². The molecule has 2 amide bonds. The number of thiophene rings is 1. The predicted octanol–water partition coefficient (Wildman–Crippen LogP) is 7.66. The third-order valence-electron chi connectivity index (χ3n) is 9.47. The lowest BCUT2D eigenvalue weighted by Crippen LogP contribution is -2.69. The van der Waals surface area contributed by atoms with Gasteiger partial charge in [0.2, 0.25) is 5.60 Å². The number of pyridine rings is 1. The summed E-state index contributed by atoms with van der Waals surface area (Å²) in [4.78, 5) is 46.5. The molecule has 16 heteroatoms. The highest BCUT2D eigenvalue weighted by atomic mass is 32.1. The predicted molar refractivity (Wildman–Crippen MR) is 174 cm³/mol. The molecule has 0 spiro atoms. The molecule has 2 saturated heterocycles. The van der Waals surface area contributed by atoms with Crippen LogP contribution < -0.4 is 9.47 Å². The number of rotatable bonds is 10. The quantitative estimate of drug-likeness (QED) is 0.213. The minimum atomic E-state index is -4.93. The molecule has 1 N–H and O–H groups in total. The lowest BCUT2D eigenvalue weighted by molar-refractivity contribution is -0.164. The molecular weight excluding hydrogens is 704 g/mol. The number of ether oxygens (including phenoxy) is 2. The average Bonchev–Trinajstić information content (AvgIpc) is 3.57. The van der Waals surface area contributed by atoms with E-state index in [1.165, 1.54) is 12.0 Å². The Balaban J connectivity index is 1.60. The van der Waals surface area contributed by atoms with Crippen molar-refractivity contribution in [3.05, 3.63) is 76.4 Å². The van der Waals surface area contributed by atoms with E-state index in [2.05, 4.69) is 4.98 Å². The standard InChI is InChI=1S/C35H37F6N3O6S/c1-3-8-26-33(50-29-13-12-27(51-29)35(39,40)41,15-7-17-44(26)31(47)30-24(34(36,37)38)10-6-16-42-30)32(48)43-18-14-21(19-22(43)20-28(45)46)23-9-4-5-11-25(23)49-2/h4-6,9-13,16,21-22,26H,3,7-8,14-15,17-20H2,1-2H3,(H,45,46)/t21?,22?,26-,33+/m1/s1. The molecule has 4 atom stereocenters. The SMILES string of the molecule is CCC[C@H]1N(C(=O)c2ncccc2C(F)(F)F)CCC[C@@]1(Oc1ccc(C(F)(F)F)s1)C(=O)N1CCC(c2ccccc2OC)CC1CC(=O)O. The lowest BCUT2D eigenvalue weighted by Gasteiger charge is -2.51. The number of halogens is 6. The molecular formula is C35H37F6N3O6S. The number of carbonyl (C=O) groups is 3. The van der Waals surface area contributed by atoms with Gasteiger partial charge < -0.3 is 24.4 Å². The molecule has 0 bridgehead atoms. The number of carboxylic acid groups (broad SMARTS) is 1. The highest BCUT2D eigenvalue weighted by molar-refractivity contribution is 7.13. The van der Waals surface area contributed by atoms with Crippen LogP contribution in [-0.4, -0.2) is 75.6 Å². The number of amides is 2. The molecule has 4 heterocycles. The number of benzene rings is 1. The summed E-state index contributed by atoms with van der Waals surface area (Å²) in [5, 5.41) is 9.65. The van der Waals surface area contributed by atoms with Gasteiger partial charge >= 0.3 is 18.3 Å². The fraction of sp³-hybridized carbons (Fsp3) is 0.486. The van der Waals surface area contributed by atoms with Crippen molar-refractivity contribution in [1.82, 2.24) is 14.8 Å². The smallest absolute Gasteiger partial charge is 0.425 e. The molecule has 2 aromatic heterocycles. The molecule has 2 aliphatic rings. The summed E-state index contributed by atoms with van der Waals surface area (Å²) in [6.45, 7) is 1.68. The van der Waals surface area contributed by atoms with Crippen molar-refractivity contribution in [3.63, 3.8) is 0 Å². The molecule has 2 fully saturated rings. The number of nitrogens with zero attached hydrogens (tertiary/aromatic N) is 3. The van der Waals surface area contributed by atoms with Gasteiger partial charge in [0.15, 0.2) is 5.06 Å². The first kappa shape index (κ1) is 37.9. The summed E-state index contributed by atoms with van der Waals surface area (Å²) >= 11 is 0.251. The molecule has 3 aromatic rings. The topological polar surface area (TPSA) is 109 Å². The Kier molecular flexibility index (Phi) is 11.2. The number of carbonyl (C=O) groups excluding carboxylic acids is 2. The number of piperidine rings is 2. The molecule has 9 nitrogen and oxygen atoms in total. The number of hydrogen-bond donors (Lipinski definition) is 1. The second kappa shape index (κ2) is 15.1. The molecule has 2 unspecified atom stereocenters. The summed E-state index contributed by atoms with van der Waals surface area (Å²) in [7, 11) is 1.51. The van der Waals surface area contributed by atoms with Crippen LogP contribution in [0, 0.1) is 0 Å². The fourth-order valence-electron chi connectivity index (χ4n) is 7.29. The van der Waals surface area contributed by atoms with E-state index in [4.69, 9.17) is 9.47 Å². The Morgan fingerprint density at radius 3 is 2.39 bits per heavy atom. The van der Waals surface area contributed by atoms with Gasteiger partial charge in [-0.1, -0.05) is 42.9 Å². The van der Waals surface area contributed by atoms with Gasteiger partial charge in [-0.05, 0) is 67.5 Å². The summed E-state index contributed by atoms with van der Waals surface area (Å²) in [5.74, 6) is -2.67. The van der Waals surface area contributed by atoms with Gasteiger partial charge in [-0.15, -0.1) is 0 Å².